The Kier molecular flexibility index (Phi) is 14.0. The summed E-state index contributed by atoms with van der Waals surface area (Å²) in [7, 11) is 0. The van der Waals surface area contributed by atoms with E-state index in [1.807, 2.05) is 0 Å². The van der Waals surface area contributed by atoms with E-state index in [9.17, 15) is 0 Å². The van der Waals surface area contributed by atoms with Crippen molar-refractivity contribution in [1.82, 2.24) is 0 Å². The highest BCUT2D eigenvalue weighted by Crippen LogP contribution is 2.44. The Hall–Kier alpha value is -2.08. The summed E-state index contributed by atoms with van der Waals surface area (Å²) >= 11 is 0. The highest BCUT2D eigenvalue weighted by Gasteiger charge is 2.32. The Balaban J connectivity index is 1.72. The molecule has 0 aromatic carbocycles. The third kappa shape index (κ3) is 11.8. The predicted octanol–water partition coefficient (Wildman–Crippen LogP) is 13.1. The lowest BCUT2D eigenvalue weighted by Gasteiger charge is -2.38. The zero-order valence-electron chi connectivity index (χ0n) is 28.1. The van der Waals surface area contributed by atoms with Gasteiger partial charge in [0, 0.05) is 0 Å². The molecule has 0 amide bonds. The maximum Gasteiger partial charge on any atom is -0.0104 e. The minimum atomic E-state index is 0.319. The molecule has 40 heavy (non-hydrogen) atoms. The summed E-state index contributed by atoms with van der Waals surface area (Å²) in [6.45, 7) is 23.4. The van der Waals surface area contributed by atoms with Crippen molar-refractivity contribution in [3.05, 3.63) is 93.7 Å². The van der Waals surface area contributed by atoms with Crippen LogP contribution in [-0.4, -0.2) is 0 Å². The first-order valence-electron chi connectivity index (χ1n) is 16.2. The summed E-state index contributed by atoms with van der Waals surface area (Å²) in [6.07, 6.45) is 34.7. The van der Waals surface area contributed by atoms with Crippen LogP contribution in [-0.2, 0) is 0 Å². The van der Waals surface area contributed by atoms with Gasteiger partial charge in [0.2, 0.25) is 0 Å². The Bertz CT molecular complexity index is 1070. The molecule has 0 unspecified atom stereocenters. The first-order valence-corrected chi connectivity index (χ1v) is 16.2. The van der Waals surface area contributed by atoms with Crippen LogP contribution < -0.4 is 0 Å². The van der Waals surface area contributed by atoms with Crippen LogP contribution in [0.15, 0.2) is 93.7 Å². The zero-order valence-corrected chi connectivity index (χ0v) is 28.1. The SMILES string of the molecule is CC1=CCCC(C)(C)[C@H]1CC/C(C)=C/C=C/C(C)=C/CC/C=C(\C)CC/C=C(C)/C=C/C1=C(C)CCCC1(C)C. The molecule has 2 aliphatic rings. The highest BCUT2D eigenvalue weighted by atomic mass is 14.4. The summed E-state index contributed by atoms with van der Waals surface area (Å²) in [5.74, 6) is 0.727. The van der Waals surface area contributed by atoms with Gasteiger partial charge in [-0.15, -0.1) is 0 Å². The molecule has 0 saturated carbocycles. The molecule has 0 nitrogen and oxygen atoms in total. The van der Waals surface area contributed by atoms with Crippen molar-refractivity contribution in [3.63, 3.8) is 0 Å². The molecule has 0 spiro atoms. The van der Waals surface area contributed by atoms with Crippen LogP contribution in [0.25, 0.3) is 0 Å². The minimum absolute atomic E-state index is 0.319. The van der Waals surface area contributed by atoms with Gasteiger partial charge in [-0.3, -0.25) is 0 Å². The van der Waals surface area contributed by atoms with E-state index in [-0.39, 0.29) is 0 Å². The number of hydrogen-bond donors (Lipinski definition) is 0. The topological polar surface area (TPSA) is 0 Å². The van der Waals surface area contributed by atoms with E-state index >= 15 is 0 Å². The van der Waals surface area contributed by atoms with Gasteiger partial charge in [-0.2, -0.15) is 0 Å². The monoisotopic (exact) mass is 542 g/mol. The van der Waals surface area contributed by atoms with Gasteiger partial charge in [0.1, 0.15) is 0 Å². The van der Waals surface area contributed by atoms with Gasteiger partial charge in [-0.05, 0) is 134 Å². The van der Waals surface area contributed by atoms with Crippen molar-refractivity contribution in [2.24, 2.45) is 16.7 Å². The quantitative estimate of drug-likeness (QED) is 0.123. The zero-order chi connectivity index (χ0) is 29.8. The fraction of sp³-hybridized carbons (Fsp3) is 0.600. The lowest BCUT2D eigenvalue weighted by Crippen LogP contribution is -2.27. The van der Waals surface area contributed by atoms with E-state index in [0.29, 0.717) is 10.8 Å². The summed E-state index contributed by atoms with van der Waals surface area (Å²) in [4.78, 5) is 0. The van der Waals surface area contributed by atoms with Gasteiger partial charge in [-0.25, -0.2) is 0 Å². The van der Waals surface area contributed by atoms with Crippen LogP contribution in [0.1, 0.15) is 140 Å². The van der Waals surface area contributed by atoms with Crippen LogP contribution in [0, 0.1) is 16.7 Å². The molecular weight excluding hydrogens is 480 g/mol. The van der Waals surface area contributed by atoms with E-state index in [0.717, 1.165) is 31.6 Å². The smallest absolute Gasteiger partial charge is 0.0104 e. The molecule has 0 aromatic heterocycles. The lowest BCUT2D eigenvalue weighted by molar-refractivity contribution is 0.204. The van der Waals surface area contributed by atoms with Crippen LogP contribution in [0.5, 0.6) is 0 Å². The van der Waals surface area contributed by atoms with Crippen LogP contribution in [0.3, 0.4) is 0 Å². The summed E-state index contributed by atoms with van der Waals surface area (Å²) in [6, 6.07) is 0. The Morgan fingerprint density at radius 1 is 0.825 bits per heavy atom. The first kappa shape index (κ1) is 34.1. The number of allylic oxidation sites excluding steroid dienone is 16. The molecule has 0 heteroatoms. The molecule has 0 aromatic rings. The van der Waals surface area contributed by atoms with Crippen molar-refractivity contribution in [1.29, 1.82) is 0 Å². The number of unbranched alkanes of at least 4 members (excludes halogenated alkanes) is 1. The van der Waals surface area contributed by atoms with Crippen molar-refractivity contribution in [2.45, 2.75) is 140 Å². The molecule has 222 valence electrons. The second kappa shape index (κ2) is 16.4. The number of hydrogen-bond acceptors (Lipinski definition) is 0. The standard InChI is InChI=1S/C40H62/c1-31(19-13-21-33(3)25-27-37-35(5)23-15-29-39(37,7)8)17-11-12-18-32(2)20-14-22-34(4)26-28-38-36(6)24-16-30-40(38,9)10/h13,17-19,21-23,26,28,37H,11-12,14-16,20,24-25,27,29-30H2,1-10H3/b19-13+,28-26+,31-17+,32-18+,33-21+,34-22+/t37-/m0/s1. The fourth-order valence-corrected chi connectivity index (χ4v) is 6.67. The molecule has 0 bridgehead atoms. The van der Waals surface area contributed by atoms with Crippen LogP contribution in [0.4, 0.5) is 0 Å². The minimum Gasteiger partial charge on any atom is -0.0853 e. The Morgan fingerprint density at radius 3 is 2.20 bits per heavy atom. The molecule has 0 saturated heterocycles. The normalized spacial score (nSPS) is 22.9. The van der Waals surface area contributed by atoms with Crippen molar-refractivity contribution >= 4 is 0 Å². The maximum absolute atomic E-state index is 2.47. The van der Waals surface area contributed by atoms with E-state index in [4.69, 9.17) is 0 Å². The first-order chi connectivity index (χ1) is 18.8. The molecule has 2 aliphatic carbocycles. The van der Waals surface area contributed by atoms with E-state index in [2.05, 4.69) is 124 Å². The summed E-state index contributed by atoms with van der Waals surface area (Å²) in [5.41, 5.74) is 11.2. The highest BCUT2D eigenvalue weighted by molar-refractivity contribution is 5.36. The van der Waals surface area contributed by atoms with Gasteiger partial charge in [0.15, 0.2) is 0 Å². The van der Waals surface area contributed by atoms with Gasteiger partial charge in [0.05, 0.1) is 0 Å². The molecule has 0 radical (unpaired) electrons. The molecule has 1 atom stereocenters. The van der Waals surface area contributed by atoms with Gasteiger partial charge < -0.3 is 0 Å². The van der Waals surface area contributed by atoms with E-state index < -0.39 is 0 Å². The Labute approximate surface area is 249 Å². The van der Waals surface area contributed by atoms with E-state index in [1.165, 1.54) is 67.2 Å². The van der Waals surface area contributed by atoms with Crippen molar-refractivity contribution < 1.29 is 0 Å². The van der Waals surface area contributed by atoms with Crippen LogP contribution >= 0.6 is 0 Å². The lowest BCUT2D eigenvalue weighted by atomic mass is 9.67. The molecule has 0 N–H and O–H groups in total. The van der Waals surface area contributed by atoms with Crippen molar-refractivity contribution in [2.75, 3.05) is 0 Å². The average Bonchev–Trinajstić information content (AvgIpc) is 2.85. The Morgan fingerprint density at radius 2 is 1.50 bits per heavy atom. The van der Waals surface area contributed by atoms with Crippen molar-refractivity contribution in [3.8, 4) is 0 Å². The molecule has 0 aliphatic heterocycles. The van der Waals surface area contributed by atoms with Gasteiger partial charge in [-0.1, -0.05) is 116 Å². The summed E-state index contributed by atoms with van der Waals surface area (Å²) in [5, 5.41) is 0. The second-order valence-corrected chi connectivity index (χ2v) is 14.3. The van der Waals surface area contributed by atoms with Gasteiger partial charge >= 0.3 is 0 Å². The third-order valence-corrected chi connectivity index (χ3v) is 9.50. The molecule has 2 rings (SSSR count). The molecule has 0 fully saturated rings. The second-order valence-electron chi connectivity index (χ2n) is 14.3. The average molecular weight is 543 g/mol. The fourth-order valence-electron chi connectivity index (χ4n) is 6.67. The van der Waals surface area contributed by atoms with Gasteiger partial charge in [0.25, 0.3) is 0 Å². The largest absolute Gasteiger partial charge is 0.0853 e. The maximum atomic E-state index is 2.47. The van der Waals surface area contributed by atoms with E-state index in [1.54, 1.807) is 16.7 Å². The van der Waals surface area contributed by atoms with Crippen LogP contribution in [0.2, 0.25) is 0 Å². The molecule has 0 heterocycles. The molecular formula is C40H62. The third-order valence-electron chi connectivity index (χ3n) is 9.50. The predicted molar refractivity (Wildman–Crippen MR) is 182 cm³/mol. The number of rotatable bonds is 13. The summed E-state index contributed by atoms with van der Waals surface area (Å²) < 4.78 is 0.